The Morgan fingerprint density at radius 1 is 1.09 bits per heavy atom. The molecule has 0 aliphatic carbocycles. The van der Waals surface area contributed by atoms with Gasteiger partial charge in [-0.1, -0.05) is 31.2 Å². The number of hydrogen-bond donors (Lipinski definition) is 1. The molecule has 7 heteroatoms. The summed E-state index contributed by atoms with van der Waals surface area (Å²) in [5, 5.41) is 3.01. The van der Waals surface area contributed by atoms with Crippen LogP contribution in [0.5, 0.6) is 0 Å². The zero-order valence-electron chi connectivity index (χ0n) is 19.7. The van der Waals surface area contributed by atoms with E-state index < -0.39 is 0 Å². The third-order valence-corrected chi connectivity index (χ3v) is 6.79. The second-order valence-corrected chi connectivity index (χ2v) is 9.06. The molecule has 35 heavy (non-hydrogen) atoms. The van der Waals surface area contributed by atoms with Gasteiger partial charge < -0.3 is 14.6 Å². The van der Waals surface area contributed by atoms with E-state index in [0.29, 0.717) is 36.7 Å². The predicted octanol–water partition coefficient (Wildman–Crippen LogP) is 4.69. The first kappa shape index (κ1) is 22.8. The van der Waals surface area contributed by atoms with Gasteiger partial charge in [0.1, 0.15) is 5.52 Å². The highest BCUT2D eigenvalue weighted by molar-refractivity contribution is 5.97. The second-order valence-electron chi connectivity index (χ2n) is 9.06. The van der Waals surface area contributed by atoms with Crippen molar-refractivity contribution in [3.8, 4) is 11.5 Å². The summed E-state index contributed by atoms with van der Waals surface area (Å²) in [4.78, 5) is 36.3. The quantitative estimate of drug-likeness (QED) is 0.443. The summed E-state index contributed by atoms with van der Waals surface area (Å²) in [6, 6.07) is 18.9. The monoisotopic (exact) mass is 468 g/mol. The molecule has 3 heterocycles. The Kier molecular flexibility index (Phi) is 6.57. The summed E-state index contributed by atoms with van der Waals surface area (Å²) in [5.41, 5.74) is 3.80. The summed E-state index contributed by atoms with van der Waals surface area (Å²) >= 11 is 0. The minimum Gasteiger partial charge on any atom is -0.436 e. The van der Waals surface area contributed by atoms with Crippen molar-refractivity contribution in [3.05, 3.63) is 84.2 Å². The van der Waals surface area contributed by atoms with Gasteiger partial charge >= 0.3 is 0 Å². The predicted molar refractivity (Wildman–Crippen MR) is 133 cm³/mol. The number of nitrogens with zero attached hydrogens (tertiary/aromatic N) is 3. The maximum Gasteiger partial charge on any atom is 0.253 e. The molecule has 0 unspecified atom stereocenters. The minimum absolute atomic E-state index is 0.0170. The Hall–Kier alpha value is -4.00. The Morgan fingerprint density at radius 3 is 2.63 bits per heavy atom. The first-order valence-corrected chi connectivity index (χ1v) is 12.0. The van der Waals surface area contributed by atoms with Crippen LogP contribution in [0.25, 0.3) is 22.6 Å². The number of rotatable bonds is 6. The van der Waals surface area contributed by atoms with Gasteiger partial charge in [0.15, 0.2) is 5.58 Å². The molecule has 0 spiro atoms. The lowest BCUT2D eigenvalue weighted by Gasteiger charge is -2.34. The van der Waals surface area contributed by atoms with Crippen molar-refractivity contribution < 1.29 is 14.0 Å². The van der Waals surface area contributed by atoms with Gasteiger partial charge in [0.2, 0.25) is 11.8 Å². The van der Waals surface area contributed by atoms with Crippen molar-refractivity contribution in [3.63, 3.8) is 0 Å². The van der Waals surface area contributed by atoms with Gasteiger partial charge in [-0.15, -0.1) is 0 Å². The maximum atomic E-state index is 13.2. The minimum atomic E-state index is -0.106. The lowest BCUT2D eigenvalue weighted by atomic mass is 9.84. The lowest BCUT2D eigenvalue weighted by molar-refractivity contribution is -0.126. The molecule has 7 nitrogen and oxygen atoms in total. The molecule has 1 saturated heterocycles. The SMILES string of the molecule is C[C@H](C(=O)NCc1cccnc1)C1CCN(C(=O)c2ccc3nc(-c4ccccc4)oc3c2)CC1. The Morgan fingerprint density at radius 2 is 1.89 bits per heavy atom. The van der Waals surface area contributed by atoms with Gasteiger partial charge in [0.05, 0.1) is 0 Å². The third kappa shape index (κ3) is 5.09. The van der Waals surface area contributed by atoms with Crippen LogP contribution in [0.4, 0.5) is 0 Å². The van der Waals surface area contributed by atoms with E-state index in [-0.39, 0.29) is 23.7 Å². The number of hydrogen-bond acceptors (Lipinski definition) is 5. The fraction of sp³-hybridized carbons (Fsp3) is 0.286. The number of pyridine rings is 1. The molecular formula is C28H28N4O3. The highest BCUT2D eigenvalue weighted by Crippen LogP contribution is 2.28. The van der Waals surface area contributed by atoms with E-state index in [9.17, 15) is 9.59 Å². The van der Waals surface area contributed by atoms with E-state index >= 15 is 0 Å². The van der Waals surface area contributed by atoms with Crippen molar-refractivity contribution >= 4 is 22.9 Å². The Bertz CT molecular complexity index is 1310. The molecule has 5 rings (SSSR count). The van der Waals surface area contributed by atoms with Gasteiger partial charge in [-0.2, -0.15) is 0 Å². The Labute approximate surface area is 204 Å². The van der Waals surface area contributed by atoms with E-state index in [4.69, 9.17) is 4.42 Å². The number of piperidine rings is 1. The van der Waals surface area contributed by atoms with Crippen LogP contribution in [-0.4, -0.2) is 39.8 Å². The van der Waals surface area contributed by atoms with Gasteiger partial charge in [-0.25, -0.2) is 4.98 Å². The normalized spacial score (nSPS) is 15.2. The molecule has 1 atom stereocenters. The summed E-state index contributed by atoms with van der Waals surface area (Å²) < 4.78 is 5.93. The maximum absolute atomic E-state index is 13.2. The van der Waals surface area contributed by atoms with Gasteiger partial charge in [0, 0.05) is 49.1 Å². The molecule has 1 N–H and O–H groups in total. The van der Waals surface area contributed by atoms with E-state index in [1.807, 2.05) is 66.4 Å². The average Bonchev–Trinajstić information content (AvgIpc) is 3.36. The van der Waals surface area contributed by atoms with E-state index in [0.717, 1.165) is 29.5 Å². The number of amides is 2. The largest absolute Gasteiger partial charge is 0.436 e. The highest BCUT2D eigenvalue weighted by atomic mass is 16.3. The second kappa shape index (κ2) is 10.1. The van der Waals surface area contributed by atoms with E-state index in [1.165, 1.54) is 0 Å². The molecule has 1 aliphatic rings. The third-order valence-electron chi connectivity index (χ3n) is 6.79. The van der Waals surface area contributed by atoms with Gasteiger partial charge in [0.25, 0.3) is 5.91 Å². The number of fused-ring (bicyclic) bond motifs is 1. The zero-order chi connectivity index (χ0) is 24.2. The topological polar surface area (TPSA) is 88.3 Å². The number of nitrogens with one attached hydrogen (secondary N) is 1. The summed E-state index contributed by atoms with van der Waals surface area (Å²) in [5.74, 6) is 0.714. The van der Waals surface area contributed by atoms with Crippen molar-refractivity contribution in [2.24, 2.45) is 11.8 Å². The summed E-state index contributed by atoms with van der Waals surface area (Å²) in [6.45, 7) is 3.72. The number of benzene rings is 2. The van der Waals surface area contributed by atoms with Crippen molar-refractivity contribution in [1.29, 1.82) is 0 Å². The van der Waals surface area contributed by atoms with Gasteiger partial charge in [-0.3, -0.25) is 14.6 Å². The molecule has 0 saturated carbocycles. The average molecular weight is 469 g/mol. The van der Waals surface area contributed by atoms with Crippen LogP contribution in [-0.2, 0) is 11.3 Å². The molecule has 2 aromatic carbocycles. The van der Waals surface area contributed by atoms with Crippen LogP contribution in [0.2, 0.25) is 0 Å². The molecule has 178 valence electrons. The fourth-order valence-corrected chi connectivity index (χ4v) is 4.61. The molecular weight excluding hydrogens is 440 g/mol. The van der Waals surface area contributed by atoms with Crippen LogP contribution < -0.4 is 5.32 Å². The fourth-order valence-electron chi connectivity index (χ4n) is 4.61. The lowest BCUT2D eigenvalue weighted by Crippen LogP contribution is -2.42. The van der Waals surface area contributed by atoms with E-state index in [1.54, 1.807) is 18.5 Å². The number of aromatic nitrogens is 2. The molecule has 1 fully saturated rings. The molecule has 0 radical (unpaired) electrons. The number of oxazole rings is 1. The Balaban J connectivity index is 1.18. The van der Waals surface area contributed by atoms with Gasteiger partial charge in [-0.05, 0) is 60.7 Å². The number of carbonyl (C=O) groups excluding carboxylic acids is 2. The first-order valence-electron chi connectivity index (χ1n) is 12.0. The zero-order valence-corrected chi connectivity index (χ0v) is 19.7. The molecule has 4 aromatic rings. The number of carbonyl (C=O) groups is 2. The standard InChI is InChI=1S/C28H28N4O3/c1-19(26(33)30-18-20-6-5-13-29-17-20)21-11-14-32(15-12-21)28(34)23-9-10-24-25(16-23)35-27(31-24)22-7-3-2-4-8-22/h2-10,13,16-17,19,21H,11-12,14-15,18H2,1H3,(H,30,33)/t19-/m0/s1. The van der Waals surface area contributed by atoms with Crippen molar-refractivity contribution in [1.82, 2.24) is 20.2 Å². The van der Waals surface area contributed by atoms with Crippen LogP contribution >= 0.6 is 0 Å². The smallest absolute Gasteiger partial charge is 0.253 e. The first-order chi connectivity index (χ1) is 17.1. The van der Waals surface area contributed by atoms with E-state index in [2.05, 4.69) is 15.3 Å². The van der Waals surface area contributed by atoms with Crippen LogP contribution in [0.1, 0.15) is 35.7 Å². The van der Waals surface area contributed by atoms with Crippen LogP contribution in [0, 0.1) is 11.8 Å². The van der Waals surface area contributed by atoms with Crippen molar-refractivity contribution in [2.45, 2.75) is 26.3 Å². The molecule has 1 aliphatic heterocycles. The summed E-state index contributed by atoms with van der Waals surface area (Å²) in [7, 11) is 0. The van der Waals surface area contributed by atoms with Crippen molar-refractivity contribution in [2.75, 3.05) is 13.1 Å². The number of likely N-dealkylation sites (tertiary alicyclic amines) is 1. The van der Waals surface area contributed by atoms with Crippen LogP contribution in [0.3, 0.4) is 0 Å². The molecule has 0 bridgehead atoms. The molecule has 2 amide bonds. The molecule has 2 aromatic heterocycles. The summed E-state index contributed by atoms with van der Waals surface area (Å²) in [6.07, 6.45) is 5.08. The van der Waals surface area contributed by atoms with Crippen LogP contribution in [0.15, 0.2) is 77.5 Å². The highest BCUT2D eigenvalue weighted by Gasteiger charge is 2.30.